The average Bonchev–Trinajstić information content (AvgIpc) is 2.52. The van der Waals surface area contributed by atoms with Crippen LogP contribution < -0.4 is 10.6 Å². The fourth-order valence-electron chi connectivity index (χ4n) is 2.23. The van der Waals surface area contributed by atoms with Crippen LogP contribution in [0.5, 0.6) is 0 Å². The largest absolute Gasteiger partial charge is 0.344 e. The van der Waals surface area contributed by atoms with Crippen LogP contribution in [0.2, 0.25) is 0 Å². The number of hydrogen-bond donors (Lipinski definition) is 2. The molecule has 0 aliphatic heterocycles. The highest BCUT2D eigenvalue weighted by molar-refractivity contribution is 5.88. The molecule has 130 valence electrons. The molecule has 0 aromatic heterocycles. The normalized spacial score (nSPS) is 11.3. The van der Waals surface area contributed by atoms with Crippen molar-refractivity contribution >= 4 is 24.2 Å². The van der Waals surface area contributed by atoms with E-state index in [1.165, 1.54) is 0 Å². The van der Waals surface area contributed by atoms with E-state index in [9.17, 15) is 9.59 Å². The molecule has 0 radical (unpaired) electrons. The minimum absolute atomic E-state index is 0. The fraction of sp³-hybridized carbons (Fsp3) is 0.529. The molecule has 1 unspecified atom stereocenters. The number of likely N-dealkylation sites (N-methyl/N-ethyl adjacent to an activating group) is 2. The van der Waals surface area contributed by atoms with Crippen molar-refractivity contribution in [1.82, 2.24) is 15.5 Å². The molecule has 0 aliphatic carbocycles. The first-order chi connectivity index (χ1) is 10.6. The zero-order valence-electron chi connectivity index (χ0n) is 14.2. The molecular formula is C17H28ClN3O2. The standard InChI is InChI=1S/C17H27N3O2.ClH/c1-4-8-15(17(22)20(3)12-11-18-2)19-16(21)13-14-9-6-5-7-10-14;/h5-7,9-10,15,18H,4,8,11-13H2,1-3H3,(H,19,21);1H. The van der Waals surface area contributed by atoms with Gasteiger partial charge in [-0.1, -0.05) is 43.7 Å². The number of benzene rings is 1. The molecule has 2 N–H and O–H groups in total. The van der Waals surface area contributed by atoms with E-state index in [-0.39, 0.29) is 24.2 Å². The Morgan fingerprint density at radius 3 is 2.43 bits per heavy atom. The first kappa shape index (κ1) is 21.4. The molecule has 6 heteroatoms. The summed E-state index contributed by atoms with van der Waals surface area (Å²) in [7, 11) is 3.62. The van der Waals surface area contributed by atoms with Crippen LogP contribution in [0.4, 0.5) is 0 Å². The van der Waals surface area contributed by atoms with Gasteiger partial charge in [0.1, 0.15) is 6.04 Å². The highest BCUT2D eigenvalue weighted by Gasteiger charge is 2.22. The number of carbonyl (C=O) groups excluding carboxylic acids is 2. The van der Waals surface area contributed by atoms with Crippen molar-refractivity contribution in [2.75, 3.05) is 27.2 Å². The topological polar surface area (TPSA) is 61.4 Å². The first-order valence-electron chi connectivity index (χ1n) is 7.81. The summed E-state index contributed by atoms with van der Waals surface area (Å²) < 4.78 is 0. The lowest BCUT2D eigenvalue weighted by Gasteiger charge is -2.24. The van der Waals surface area contributed by atoms with Crippen LogP contribution >= 0.6 is 12.4 Å². The minimum Gasteiger partial charge on any atom is -0.344 e. The second-order valence-electron chi connectivity index (χ2n) is 5.43. The van der Waals surface area contributed by atoms with Crippen LogP contribution in [0.1, 0.15) is 25.3 Å². The summed E-state index contributed by atoms with van der Waals surface area (Å²) in [6, 6.07) is 9.11. The maximum Gasteiger partial charge on any atom is 0.244 e. The molecule has 2 amide bonds. The number of rotatable bonds is 9. The first-order valence-corrected chi connectivity index (χ1v) is 7.81. The number of halogens is 1. The van der Waals surface area contributed by atoms with E-state index in [4.69, 9.17) is 0 Å². The summed E-state index contributed by atoms with van der Waals surface area (Å²) in [5.74, 6) is -0.140. The molecule has 0 saturated heterocycles. The molecule has 0 bridgehead atoms. The van der Waals surface area contributed by atoms with Crippen molar-refractivity contribution in [3.8, 4) is 0 Å². The van der Waals surface area contributed by atoms with Gasteiger partial charge in [-0.3, -0.25) is 9.59 Å². The summed E-state index contributed by atoms with van der Waals surface area (Å²) in [5.41, 5.74) is 0.950. The van der Waals surface area contributed by atoms with Crippen molar-refractivity contribution in [2.24, 2.45) is 0 Å². The van der Waals surface area contributed by atoms with E-state index >= 15 is 0 Å². The van der Waals surface area contributed by atoms with Gasteiger partial charge in [0.05, 0.1) is 6.42 Å². The second-order valence-corrected chi connectivity index (χ2v) is 5.43. The van der Waals surface area contributed by atoms with Gasteiger partial charge in [-0.15, -0.1) is 12.4 Å². The van der Waals surface area contributed by atoms with Crippen LogP contribution in [0.3, 0.4) is 0 Å². The van der Waals surface area contributed by atoms with E-state index < -0.39 is 6.04 Å². The Balaban J connectivity index is 0.00000484. The van der Waals surface area contributed by atoms with Gasteiger partial charge in [0.2, 0.25) is 11.8 Å². The van der Waals surface area contributed by atoms with Gasteiger partial charge in [0.15, 0.2) is 0 Å². The fourth-order valence-corrected chi connectivity index (χ4v) is 2.23. The number of amides is 2. The average molecular weight is 342 g/mol. The lowest BCUT2D eigenvalue weighted by Crippen LogP contribution is -2.48. The third-order valence-electron chi connectivity index (χ3n) is 3.49. The van der Waals surface area contributed by atoms with Crippen LogP contribution in [0.15, 0.2) is 30.3 Å². The predicted octanol–water partition coefficient (Wildman–Crippen LogP) is 1.61. The number of nitrogens with one attached hydrogen (secondary N) is 2. The molecular weight excluding hydrogens is 314 g/mol. The Morgan fingerprint density at radius 2 is 1.87 bits per heavy atom. The molecule has 0 fully saturated rings. The Bertz CT molecular complexity index is 468. The van der Waals surface area contributed by atoms with Crippen molar-refractivity contribution in [1.29, 1.82) is 0 Å². The van der Waals surface area contributed by atoms with Gasteiger partial charge in [-0.25, -0.2) is 0 Å². The SMILES string of the molecule is CCCC(NC(=O)Cc1ccccc1)C(=O)N(C)CCNC.Cl. The second kappa shape index (κ2) is 11.9. The molecule has 0 spiro atoms. The zero-order chi connectivity index (χ0) is 16.4. The van der Waals surface area contributed by atoms with Gasteiger partial charge >= 0.3 is 0 Å². The summed E-state index contributed by atoms with van der Waals surface area (Å²) >= 11 is 0. The van der Waals surface area contributed by atoms with Crippen LogP contribution in [-0.4, -0.2) is 49.9 Å². The van der Waals surface area contributed by atoms with Gasteiger partial charge in [-0.05, 0) is 19.0 Å². The molecule has 1 aromatic carbocycles. The van der Waals surface area contributed by atoms with Gasteiger partial charge in [0, 0.05) is 20.1 Å². The molecule has 23 heavy (non-hydrogen) atoms. The summed E-state index contributed by atoms with van der Waals surface area (Å²) in [4.78, 5) is 26.2. The quantitative estimate of drug-likeness (QED) is 0.717. The van der Waals surface area contributed by atoms with Crippen molar-refractivity contribution in [3.63, 3.8) is 0 Å². The molecule has 1 aromatic rings. The molecule has 0 aliphatic rings. The van der Waals surface area contributed by atoms with E-state index in [1.807, 2.05) is 44.3 Å². The zero-order valence-corrected chi connectivity index (χ0v) is 15.0. The Labute approximate surface area is 145 Å². The molecule has 0 saturated carbocycles. The highest BCUT2D eigenvalue weighted by atomic mass is 35.5. The maximum absolute atomic E-state index is 12.4. The van der Waals surface area contributed by atoms with E-state index in [1.54, 1.807) is 11.9 Å². The lowest BCUT2D eigenvalue weighted by molar-refractivity contribution is -0.135. The van der Waals surface area contributed by atoms with Crippen LogP contribution in [0.25, 0.3) is 0 Å². The van der Waals surface area contributed by atoms with Gasteiger partial charge in [-0.2, -0.15) is 0 Å². The van der Waals surface area contributed by atoms with Gasteiger partial charge in [0.25, 0.3) is 0 Å². The maximum atomic E-state index is 12.4. The van der Waals surface area contributed by atoms with Crippen molar-refractivity contribution < 1.29 is 9.59 Å². The highest BCUT2D eigenvalue weighted by Crippen LogP contribution is 2.04. The summed E-state index contributed by atoms with van der Waals surface area (Å²) in [6.45, 7) is 3.38. The Morgan fingerprint density at radius 1 is 1.22 bits per heavy atom. The molecule has 5 nitrogen and oxygen atoms in total. The lowest BCUT2D eigenvalue weighted by atomic mass is 10.1. The van der Waals surface area contributed by atoms with E-state index in [0.717, 1.165) is 18.5 Å². The monoisotopic (exact) mass is 341 g/mol. The third-order valence-corrected chi connectivity index (χ3v) is 3.49. The molecule has 1 atom stereocenters. The van der Waals surface area contributed by atoms with Gasteiger partial charge < -0.3 is 15.5 Å². The number of nitrogens with zero attached hydrogens (tertiary/aromatic N) is 1. The Hall–Kier alpha value is -1.59. The molecule has 0 heterocycles. The summed E-state index contributed by atoms with van der Waals surface area (Å²) in [5, 5.41) is 5.89. The smallest absolute Gasteiger partial charge is 0.244 e. The third kappa shape index (κ3) is 8.00. The number of carbonyl (C=O) groups is 2. The molecule has 1 rings (SSSR count). The minimum atomic E-state index is -0.442. The van der Waals surface area contributed by atoms with E-state index in [2.05, 4.69) is 10.6 Å². The van der Waals surface area contributed by atoms with E-state index in [0.29, 0.717) is 19.4 Å². The number of hydrogen-bond acceptors (Lipinski definition) is 3. The Kier molecular flexibility index (Phi) is 11.1. The summed E-state index contributed by atoms with van der Waals surface area (Å²) in [6.07, 6.45) is 1.81. The van der Waals surface area contributed by atoms with Crippen LogP contribution in [0, 0.1) is 0 Å². The van der Waals surface area contributed by atoms with Crippen molar-refractivity contribution in [3.05, 3.63) is 35.9 Å². The van der Waals surface area contributed by atoms with Crippen LogP contribution in [-0.2, 0) is 16.0 Å². The van der Waals surface area contributed by atoms with Crippen molar-refractivity contribution in [2.45, 2.75) is 32.2 Å². The predicted molar refractivity (Wildman–Crippen MR) is 95.8 cm³/mol.